The summed E-state index contributed by atoms with van der Waals surface area (Å²) in [5.41, 5.74) is 1.63. The SMILES string of the molecule is CC(C)CNC(=O)c1cccc(NI)c1. The zero-order valence-corrected chi connectivity index (χ0v) is 11.0. The lowest BCUT2D eigenvalue weighted by molar-refractivity contribution is 0.0949. The molecule has 4 heteroatoms. The van der Waals surface area contributed by atoms with Crippen molar-refractivity contribution in [2.24, 2.45) is 5.92 Å². The van der Waals surface area contributed by atoms with Crippen molar-refractivity contribution in [2.45, 2.75) is 13.8 Å². The van der Waals surface area contributed by atoms with Crippen molar-refractivity contribution in [3.8, 4) is 0 Å². The van der Waals surface area contributed by atoms with Crippen molar-refractivity contribution in [1.29, 1.82) is 0 Å². The third kappa shape index (κ3) is 4.07. The third-order valence-corrected chi connectivity index (χ3v) is 2.53. The number of halogens is 1. The first kappa shape index (κ1) is 12.3. The average Bonchev–Trinajstić information content (AvgIpc) is 2.26. The predicted molar refractivity (Wildman–Crippen MR) is 71.3 cm³/mol. The second kappa shape index (κ2) is 5.95. The molecule has 0 spiro atoms. The zero-order chi connectivity index (χ0) is 11.3. The maximum atomic E-state index is 11.7. The summed E-state index contributed by atoms with van der Waals surface area (Å²) < 4.78 is 2.98. The van der Waals surface area contributed by atoms with Gasteiger partial charge in [0.15, 0.2) is 0 Å². The van der Waals surface area contributed by atoms with Gasteiger partial charge in [0.2, 0.25) is 0 Å². The molecule has 0 aliphatic carbocycles. The first-order valence-electron chi connectivity index (χ1n) is 4.88. The lowest BCUT2D eigenvalue weighted by Crippen LogP contribution is -2.27. The van der Waals surface area contributed by atoms with E-state index < -0.39 is 0 Å². The summed E-state index contributed by atoms with van der Waals surface area (Å²) in [5.74, 6) is 0.456. The quantitative estimate of drug-likeness (QED) is 0.662. The van der Waals surface area contributed by atoms with Crippen molar-refractivity contribution in [2.75, 3.05) is 10.1 Å². The van der Waals surface area contributed by atoms with Crippen molar-refractivity contribution in [3.63, 3.8) is 0 Å². The van der Waals surface area contributed by atoms with Crippen LogP contribution in [0.15, 0.2) is 24.3 Å². The Kier molecular flexibility index (Phi) is 4.87. The number of carbonyl (C=O) groups is 1. The fourth-order valence-electron chi connectivity index (χ4n) is 1.12. The van der Waals surface area contributed by atoms with Crippen LogP contribution in [0, 0.1) is 5.92 Å². The molecule has 1 amide bonds. The van der Waals surface area contributed by atoms with Crippen LogP contribution >= 0.6 is 22.9 Å². The predicted octanol–water partition coefficient (Wildman–Crippen LogP) is 2.83. The van der Waals surface area contributed by atoms with Gasteiger partial charge < -0.3 is 8.85 Å². The third-order valence-electron chi connectivity index (χ3n) is 1.90. The van der Waals surface area contributed by atoms with Crippen LogP contribution in [-0.2, 0) is 0 Å². The molecular formula is C11H15IN2O. The Labute approximate surface area is 104 Å². The van der Waals surface area contributed by atoms with Gasteiger partial charge in [-0.3, -0.25) is 4.79 Å². The summed E-state index contributed by atoms with van der Waals surface area (Å²) in [6.45, 7) is 4.85. The van der Waals surface area contributed by atoms with Crippen molar-refractivity contribution < 1.29 is 4.79 Å². The molecule has 1 aromatic rings. The molecule has 0 aromatic heterocycles. The highest BCUT2D eigenvalue weighted by Crippen LogP contribution is 2.12. The number of carbonyl (C=O) groups excluding carboxylic acids is 1. The van der Waals surface area contributed by atoms with Crippen LogP contribution in [0.3, 0.4) is 0 Å². The summed E-state index contributed by atoms with van der Waals surface area (Å²) in [7, 11) is 0. The molecule has 0 saturated heterocycles. The Morgan fingerprint density at radius 1 is 1.47 bits per heavy atom. The maximum Gasteiger partial charge on any atom is 0.251 e. The molecule has 0 bridgehead atoms. The molecule has 0 heterocycles. The molecule has 82 valence electrons. The van der Waals surface area contributed by atoms with E-state index in [1.54, 1.807) is 0 Å². The van der Waals surface area contributed by atoms with E-state index in [9.17, 15) is 4.79 Å². The number of nitrogens with one attached hydrogen (secondary N) is 2. The van der Waals surface area contributed by atoms with Gasteiger partial charge in [-0.15, -0.1) is 0 Å². The van der Waals surface area contributed by atoms with Gasteiger partial charge in [0.25, 0.3) is 5.91 Å². The van der Waals surface area contributed by atoms with Crippen LogP contribution in [0.1, 0.15) is 24.2 Å². The smallest absolute Gasteiger partial charge is 0.251 e. The number of rotatable bonds is 4. The Morgan fingerprint density at radius 2 is 2.20 bits per heavy atom. The molecule has 15 heavy (non-hydrogen) atoms. The number of amides is 1. The zero-order valence-electron chi connectivity index (χ0n) is 8.88. The van der Waals surface area contributed by atoms with Gasteiger partial charge in [-0.05, 0) is 24.1 Å². The first-order chi connectivity index (χ1) is 7.13. The van der Waals surface area contributed by atoms with Crippen LogP contribution in [0.2, 0.25) is 0 Å². The van der Waals surface area contributed by atoms with Crippen LogP contribution in [-0.4, -0.2) is 12.5 Å². The van der Waals surface area contributed by atoms with Crippen molar-refractivity contribution >= 4 is 34.5 Å². The molecule has 2 N–H and O–H groups in total. The summed E-state index contributed by atoms with van der Waals surface area (Å²) in [4.78, 5) is 11.7. The molecule has 1 aromatic carbocycles. The minimum Gasteiger partial charge on any atom is -0.352 e. The van der Waals surface area contributed by atoms with Crippen molar-refractivity contribution in [1.82, 2.24) is 5.32 Å². The minimum absolute atomic E-state index is 0.0165. The monoisotopic (exact) mass is 318 g/mol. The number of hydrogen-bond donors (Lipinski definition) is 2. The standard InChI is InChI=1S/C11H15IN2O/c1-8(2)7-13-11(15)9-4-3-5-10(6-9)14-12/h3-6,8,14H,7H2,1-2H3,(H,13,15). The highest BCUT2D eigenvalue weighted by atomic mass is 127. The van der Waals surface area contributed by atoms with Gasteiger partial charge >= 0.3 is 0 Å². The van der Waals surface area contributed by atoms with Crippen LogP contribution in [0.4, 0.5) is 5.69 Å². The average molecular weight is 318 g/mol. The molecular weight excluding hydrogens is 303 g/mol. The van der Waals surface area contributed by atoms with E-state index >= 15 is 0 Å². The van der Waals surface area contributed by atoms with E-state index in [4.69, 9.17) is 0 Å². The van der Waals surface area contributed by atoms with E-state index in [1.165, 1.54) is 0 Å². The van der Waals surface area contributed by atoms with E-state index in [0.29, 0.717) is 18.0 Å². The maximum absolute atomic E-state index is 11.7. The fraction of sp³-hybridized carbons (Fsp3) is 0.364. The Morgan fingerprint density at radius 3 is 2.80 bits per heavy atom. The van der Waals surface area contributed by atoms with E-state index in [0.717, 1.165) is 5.69 Å². The van der Waals surface area contributed by atoms with Gasteiger partial charge in [0, 0.05) is 17.8 Å². The van der Waals surface area contributed by atoms with Gasteiger partial charge in [0.05, 0.1) is 22.9 Å². The molecule has 0 saturated carbocycles. The molecule has 0 aliphatic rings. The fourth-order valence-corrected chi connectivity index (χ4v) is 1.45. The Balaban J connectivity index is 2.65. The molecule has 0 aliphatic heterocycles. The normalized spacial score (nSPS) is 10.1. The second-order valence-electron chi connectivity index (χ2n) is 3.78. The van der Waals surface area contributed by atoms with E-state index in [-0.39, 0.29) is 5.91 Å². The van der Waals surface area contributed by atoms with Gasteiger partial charge in [-0.25, -0.2) is 0 Å². The van der Waals surface area contributed by atoms with E-state index in [2.05, 4.69) is 22.7 Å². The topological polar surface area (TPSA) is 41.1 Å². The molecule has 0 atom stereocenters. The van der Waals surface area contributed by atoms with Crippen LogP contribution < -0.4 is 8.85 Å². The molecule has 0 radical (unpaired) electrons. The molecule has 3 nitrogen and oxygen atoms in total. The summed E-state index contributed by atoms with van der Waals surface area (Å²) in [6, 6.07) is 7.44. The molecule has 0 fully saturated rings. The number of anilines is 1. The molecule has 0 unspecified atom stereocenters. The summed E-state index contributed by atoms with van der Waals surface area (Å²) in [5, 5.41) is 2.88. The largest absolute Gasteiger partial charge is 0.352 e. The second-order valence-corrected chi connectivity index (χ2v) is 4.32. The Hall–Kier alpha value is -0.780. The first-order valence-corrected chi connectivity index (χ1v) is 5.96. The lowest BCUT2D eigenvalue weighted by atomic mass is 10.1. The van der Waals surface area contributed by atoms with E-state index in [1.807, 2.05) is 47.1 Å². The van der Waals surface area contributed by atoms with Gasteiger partial charge in [-0.2, -0.15) is 0 Å². The highest BCUT2D eigenvalue weighted by molar-refractivity contribution is 14.1. The summed E-state index contributed by atoms with van der Waals surface area (Å²) >= 11 is 2.04. The lowest BCUT2D eigenvalue weighted by Gasteiger charge is -2.08. The Bertz CT molecular complexity index is 339. The number of benzene rings is 1. The highest BCUT2D eigenvalue weighted by Gasteiger charge is 2.05. The van der Waals surface area contributed by atoms with Gasteiger partial charge in [-0.1, -0.05) is 19.9 Å². The minimum atomic E-state index is -0.0165. The van der Waals surface area contributed by atoms with Gasteiger partial charge in [0.1, 0.15) is 0 Å². The number of hydrogen-bond acceptors (Lipinski definition) is 2. The molecule has 1 rings (SSSR count). The van der Waals surface area contributed by atoms with Crippen LogP contribution in [0.5, 0.6) is 0 Å². The van der Waals surface area contributed by atoms with Crippen molar-refractivity contribution in [3.05, 3.63) is 29.8 Å². The van der Waals surface area contributed by atoms with Crippen LogP contribution in [0.25, 0.3) is 0 Å². The summed E-state index contributed by atoms with van der Waals surface area (Å²) in [6.07, 6.45) is 0.